The lowest BCUT2D eigenvalue weighted by molar-refractivity contribution is -0.134. The second-order valence-electron chi connectivity index (χ2n) is 5.94. The van der Waals surface area contributed by atoms with Crippen molar-refractivity contribution in [1.29, 1.82) is 0 Å². The van der Waals surface area contributed by atoms with Gasteiger partial charge in [-0.15, -0.1) is 0 Å². The van der Waals surface area contributed by atoms with Gasteiger partial charge in [-0.05, 0) is 24.0 Å². The van der Waals surface area contributed by atoms with Crippen molar-refractivity contribution >= 4 is 22.7 Å². The Hall–Kier alpha value is -2.17. The van der Waals surface area contributed by atoms with Crippen LogP contribution >= 0.6 is 0 Å². The Labute approximate surface area is 123 Å². The van der Waals surface area contributed by atoms with Crippen LogP contribution in [0.25, 0.3) is 10.9 Å². The molecule has 1 aliphatic heterocycles. The van der Waals surface area contributed by atoms with Crippen LogP contribution in [0.3, 0.4) is 0 Å². The molecule has 3 rings (SSSR count). The molecule has 0 unspecified atom stereocenters. The van der Waals surface area contributed by atoms with Crippen molar-refractivity contribution in [1.82, 2.24) is 15.1 Å². The smallest absolute Gasteiger partial charge is 0.235 e. The van der Waals surface area contributed by atoms with E-state index in [4.69, 9.17) is 0 Å². The Balaban J connectivity index is 2.08. The lowest BCUT2D eigenvalue weighted by Crippen LogP contribution is -2.39. The van der Waals surface area contributed by atoms with Gasteiger partial charge in [-0.1, -0.05) is 26.0 Å². The Kier molecular flexibility index (Phi) is 3.27. The molecule has 1 aromatic carbocycles. The SMILES string of the molecule is CC(C)c1ccc2c([C@@H]3CCC(=O)NC3=O)nn(C)c2c1. The molecule has 1 N–H and O–H groups in total. The molecule has 1 saturated heterocycles. The first-order chi connectivity index (χ1) is 9.97. The second-order valence-corrected chi connectivity index (χ2v) is 5.94. The summed E-state index contributed by atoms with van der Waals surface area (Å²) in [7, 11) is 1.89. The van der Waals surface area contributed by atoms with E-state index in [2.05, 4.69) is 36.4 Å². The lowest BCUT2D eigenvalue weighted by Gasteiger charge is -2.19. The van der Waals surface area contributed by atoms with Gasteiger partial charge in [-0.2, -0.15) is 5.10 Å². The molecular formula is C16H19N3O2. The third-order valence-electron chi connectivity index (χ3n) is 4.14. The van der Waals surface area contributed by atoms with Gasteiger partial charge in [0, 0.05) is 18.9 Å². The summed E-state index contributed by atoms with van der Waals surface area (Å²) >= 11 is 0. The molecule has 2 aromatic rings. The number of rotatable bonds is 2. The van der Waals surface area contributed by atoms with Gasteiger partial charge in [0.15, 0.2) is 0 Å². The number of carbonyl (C=O) groups excluding carboxylic acids is 2. The van der Waals surface area contributed by atoms with Gasteiger partial charge in [0.25, 0.3) is 0 Å². The van der Waals surface area contributed by atoms with Crippen LogP contribution in [0.4, 0.5) is 0 Å². The van der Waals surface area contributed by atoms with Crippen molar-refractivity contribution in [2.75, 3.05) is 0 Å². The number of nitrogens with zero attached hydrogens (tertiary/aromatic N) is 2. The largest absolute Gasteiger partial charge is 0.296 e. The molecule has 0 spiro atoms. The van der Waals surface area contributed by atoms with Crippen LogP contribution in [0.15, 0.2) is 18.2 Å². The molecule has 2 amide bonds. The molecule has 0 saturated carbocycles. The Morgan fingerprint density at radius 1 is 1.33 bits per heavy atom. The molecule has 0 aliphatic carbocycles. The summed E-state index contributed by atoms with van der Waals surface area (Å²) in [6.07, 6.45) is 0.904. The highest BCUT2D eigenvalue weighted by atomic mass is 16.2. The van der Waals surface area contributed by atoms with Crippen LogP contribution in [-0.4, -0.2) is 21.6 Å². The third kappa shape index (κ3) is 2.33. The molecule has 5 nitrogen and oxygen atoms in total. The maximum absolute atomic E-state index is 12.1. The van der Waals surface area contributed by atoms with E-state index >= 15 is 0 Å². The van der Waals surface area contributed by atoms with Crippen LogP contribution in [0.2, 0.25) is 0 Å². The summed E-state index contributed by atoms with van der Waals surface area (Å²) in [5, 5.41) is 7.93. The second kappa shape index (κ2) is 4.98. The molecule has 1 fully saturated rings. The van der Waals surface area contributed by atoms with Crippen LogP contribution in [-0.2, 0) is 16.6 Å². The van der Waals surface area contributed by atoms with E-state index in [-0.39, 0.29) is 17.7 Å². The van der Waals surface area contributed by atoms with Crippen molar-refractivity contribution in [3.05, 3.63) is 29.5 Å². The van der Waals surface area contributed by atoms with Crippen molar-refractivity contribution in [2.24, 2.45) is 7.05 Å². The highest BCUT2D eigenvalue weighted by Crippen LogP contribution is 2.31. The molecular weight excluding hydrogens is 266 g/mol. The summed E-state index contributed by atoms with van der Waals surface area (Å²) in [4.78, 5) is 23.3. The van der Waals surface area contributed by atoms with Crippen molar-refractivity contribution in [3.63, 3.8) is 0 Å². The van der Waals surface area contributed by atoms with Crippen LogP contribution in [0, 0.1) is 0 Å². The summed E-state index contributed by atoms with van der Waals surface area (Å²) in [5.41, 5.74) is 3.05. The number of fused-ring (bicyclic) bond motifs is 1. The number of imide groups is 1. The topological polar surface area (TPSA) is 64.0 Å². The van der Waals surface area contributed by atoms with Crippen molar-refractivity contribution < 1.29 is 9.59 Å². The fourth-order valence-electron chi connectivity index (χ4n) is 2.87. The summed E-state index contributed by atoms with van der Waals surface area (Å²) in [5.74, 6) is -0.322. The molecule has 1 atom stereocenters. The van der Waals surface area contributed by atoms with Gasteiger partial charge in [-0.3, -0.25) is 19.6 Å². The molecule has 0 radical (unpaired) electrons. The van der Waals surface area contributed by atoms with E-state index in [1.807, 2.05) is 17.8 Å². The van der Waals surface area contributed by atoms with Gasteiger partial charge in [0.1, 0.15) is 0 Å². The highest BCUT2D eigenvalue weighted by molar-refractivity contribution is 6.02. The number of nitrogens with one attached hydrogen (secondary N) is 1. The number of piperidine rings is 1. The first-order valence-corrected chi connectivity index (χ1v) is 7.27. The van der Waals surface area contributed by atoms with Crippen LogP contribution in [0.1, 0.15) is 49.8 Å². The van der Waals surface area contributed by atoms with Crippen molar-refractivity contribution in [3.8, 4) is 0 Å². The molecule has 110 valence electrons. The maximum atomic E-state index is 12.1. The summed E-state index contributed by atoms with van der Waals surface area (Å²) < 4.78 is 1.82. The van der Waals surface area contributed by atoms with Gasteiger partial charge in [0.05, 0.1) is 17.1 Å². The number of aryl methyl sites for hydroxylation is 1. The van der Waals surface area contributed by atoms with E-state index in [0.29, 0.717) is 18.8 Å². The number of aromatic nitrogens is 2. The zero-order valence-electron chi connectivity index (χ0n) is 12.5. The Morgan fingerprint density at radius 2 is 2.10 bits per heavy atom. The average molecular weight is 285 g/mol. The monoisotopic (exact) mass is 285 g/mol. The minimum absolute atomic E-state index is 0.196. The number of carbonyl (C=O) groups is 2. The fourth-order valence-corrected chi connectivity index (χ4v) is 2.87. The van der Waals surface area contributed by atoms with Crippen LogP contribution < -0.4 is 5.32 Å². The van der Waals surface area contributed by atoms with E-state index in [0.717, 1.165) is 16.6 Å². The number of hydrogen-bond donors (Lipinski definition) is 1. The summed E-state index contributed by atoms with van der Waals surface area (Å²) in [6, 6.07) is 6.25. The van der Waals surface area contributed by atoms with Gasteiger partial charge < -0.3 is 0 Å². The van der Waals surface area contributed by atoms with Crippen LogP contribution in [0.5, 0.6) is 0 Å². The molecule has 2 heterocycles. The molecule has 1 aliphatic rings. The van der Waals surface area contributed by atoms with E-state index in [9.17, 15) is 9.59 Å². The van der Waals surface area contributed by atoms with E-state index < -0.39 is 0 Å². The molecule has 5 heteroatoms. The Morgan fingerprint density at radius 3 is 2.76 bits per heavy atom. The van der Waals surface area contributed by atoms with Gasteiger partial charge >= 0.3 is 0 Å². The molecule has 0 bridgehead atoms. The zero-order valence-corrected chi connectivity index (χ0v) is 12.5. The molecule has 1 aromatic heterocycles. The number of amides is 2. The predicted octanol–water partition coefficient (Wildman–Crippen LogP) is 2.22. The first-order valence-electron chi connectivity index (χ1n) is 7.27. The highest BCUT2D eigenvalue weighted by Gasteiger charge is 2.31. The predicted molar refractivity (Wildman–Crippen MR) is 79.9 cm³/mol. The van der Waals surface area contributed by atoms with E-state index in [1.165, 1.54) is 5.56 Å². The minimum atomic E-state index is -0.337. The van der Waals surface area contributed by atoms with E-state index in [1.54, 1.807) is 0 Å². The lowest BCUT2D eigenvalue weighted by atomic mass is 9.92. The molecule has 21 heavy (non-hydrogen) atoms. The average Bonchev–Trinajstić information content (AvgIpc) is 2.75. The standard InChI is InChI=1S/C16H19N3O2/c1-9(2)10-4-5-11-13(8-10)19(3)18-15(11)12-6-7-14(20)17-16(12)21/h4-5,8-9,12H,6-7H2,1-3H3,(H,17,20,21)/t12-/m0/s1. The zero-order chi connectivity index (χ0) is 15.1. The third-order valence-corrected chi connectivity index (χ3v) is 4.14. The normalized spacial score (nSPS) is 19.3. The maximum Gasteiger partial charge on any atom is 0.235 e. The van der Waals surface area contributed by atoms with Gasteiger partial charge in [-0.25, -0.2) is 0 Å². The number of hydrogen-bond acceptors (Lipinski definition) is 3. The van der Waals surface area contributed by atoms with Crippen molar-refractivity contribution in [2.45, 2.75) is 38.5 Å². The quantitative estimate of drug-likeness (QED) is 0.860. The Bertz CT molecular complexity index is 730. The minimum Gasteiger partial charge on any atom is -0.296 e. The van der Waals surface area contributed by atoms with Gasteiger partial charge in [0.2, 0.25) is 11.8 Å². The summed E-state index contributed by atoms with van der Waals surface area (Å²) in [6.45, 7) is 4.30. The fraction of sp³-hybridized carbons (Fsp3) is 0.438. The number of benzene rings is 1. The first kappa shape index (κ1) is 13.8.